The van der Waals surface area contributed by atoms with Crippen molar-refractivity contribution in [2.24, 2.45) is 11.3 Å². The van der Waals surface area contributed by atoms with Crippen LogP contribution in [-0.4, -0.2) is 65.1 Å². The van der Waals surface area contributed by atoms with Crippen LogP contribution < -0.4 is 5.32 Å². The molecule has 2 unspecified atom stereocenters. The number of aryl methyl sites for hydroxylation is 1. The Hall–Kier alpha value is -1.47. The number of hydrogen-bond acceptors (Lipinski definition) is 6. The van der Waals surface area contributed by atoms with E-state index in [0.29, 0.717) is 23.0 Å². The molecule has 2 saturated heterocycles. The molecule has 3 fully saturated rings. The van der Waals surface area contributed by atoms with Crippen LogP contribution >= 0.6 is 0 Å². The van der Waals surface area contributed by atoms with Crippen molar-refractivity contribution in [1.82, 2.24) is 25.3 Å². The first-order chi connectivity index (χ1) is 11.6. The zero-order chi connectivity index (χ0) is 16.7. The van der Waals surface area contributed by atoms with E-state index in [2.05, 4.69) is 32.2 Å². The van der Waals surface area contributed by atoms with Crippen molar-refractivity contribution in [1.29, 1.82) is 0 Å². The van der Waals surface area contributed by atoms with Crippen molar-refractivity contribution in [3.63, 3.8) is 0 Å². The van der Waals surface area contributed by atoms with Gasteiger partial charge in [-0.2, -0.15) is 4.98 Å². The summed E-state index contributed by atoms with van der Waals surface area (Å²) >= 11 is 0. The molecule has 2 atom stereocenters. The number of piperidine rings is 1. The van der Waals surface area contributed by atoms with Crippen LogP contribution in [-0.2, 0) is 4.79 Å². The molecule has 24 heavy (non-hydrogen) atoms. The van der Waals surface area contributed by atoms with E-state index in [1.165, 1.54) is 0 Å². The molecule has 1 spiro atoms. The lowest BCUT2D eigenvalue weighted by Gasteiger charge is -2.37. The van der Waals surface area contributed by atoms with E-state index in [1.807, 2.05) is 6.92 Å². The topological polar surface area (TPSA) is 74.5 Å². The molecule has 1 saturated carbocycles. The number of amides is 1. The minimum Gasteiger partial charge on any atom is -0.340 e. The SMILES string of the molecule is Cc1noc(C(C)N2CCN(C(=O)C3CC34CCNCC4)CC2)n1. The van der Waals surface area contributed by atoms with Crippen LogP contribution in [0.3, 0.4) is 0 Å². The molecule has 7 nitrogen and oxygen atoms in total. The first kappa shape index (κ1) is 16.0. The van der Waals surface area contributed by atoms with E-state index in [1.54, 1.807) is 0 Å². The highest BCUT2D eigenvalue weighted by atomic mass is 16.5. The molecule has 7 heteroatoms. The van der Waals surface area contributed by atoms with E-state index in [-0.39, 0.29) is 12.0 Å². The lowest BCUT2D eigenvalue weighted by molar-refractivity contribution is -0.135. The Morgan fingerprint density at radius 3 is 2.62 bits per heavy atom. The van der Waals surface area contributed by atoms with Gasteiger partial charge in [-0.1, -0.05) is 5.16 Å². The Kier molecular flexibility index (Phi) is 4.08. The molecule has 1 amide bonds. The molecule has 1 aromatic rings. The summed E-state index contributed by atoms with van der Waals surface area (Å²) in [5.74, 6) is 2.01. The Balaban J connectivity index is 1.31. The molecule has 1 N–H and O–H groups in total. The van der Waals surface area contributed by atoms with Crippen molar-refractivity contribution >= 4 is 5.91 Å². The fourth-order valence-electron chi connectivity index (χ4n) is 4.36. The second-order valence-corrected chi connectivity index (χ2v) is 7.59. The van der Waals surface area contributed by atoms with Crippen molar-refractivity contribution in [3.8, 4) is 0 Å². The summed E-state index contributed by atoms with van der Waals surface area (Å²) in [7, 11) is 0. The zero-order valence-corrected chi connectivity index (χ0v) is 14.6. The molecular weight excluding hydrogens is 306 g/mol. The van der Waals surface area contributed by atoms with Crippen LogP contribution in [0.25, 0.3) is 0 Å². The summed E-state index contributed by atoms with van der Waals surface area (Å²) in [4.78, 5) is 21.6. The Morgan fingerprint density at radius 1 is 1.29 bits per heavy atom. The molecule has 4 rings (SSSR count). The normalized spacial score (nSPS) is 28.1. The molecule has 2 aliphatic heterocycles. The van der Waals surface area contributed by atoms with Gasteiger partial charge in [0.15, 0.2) is 5.82 Å². The minimum absolute atomic E-state index is 0.111. The molecule has 0 aromatic carbocycles. The lowest BCUT2D eigenvalue weighted by Crippen LogP contribution is -2.50. The first-order valence-electron chi connectivity index (χ1n) is 9.13. The third kappa shape index (κ3) is 2.84. The fraction of sp³-hybridized carbons (Fsp3) is 0.824. The maximum Gasteiger partial charge on any atom is 0.243 e. The van der Waals surface area contributed by atoms with Gasteiger partial charge in [0.05, 0.1) is 6.04 Å². The average molecular weight is 333 g/mol. The lowest BCUT2D eigenvalue weighted by atomic mass is 9.91. The molecule has 132 valence electrons. The third-order valence-electron chi connectivity index (χ3n) is 6.16. The zero-order valence-electron chi connectivity index (χ0n) is 14.6. The number of carbonyl (C=O) groups is 1. The Bertz CT molecular complexity index is 602. The first-order valence-corrected chi connectivity index (χ1v) is 9.13. The maximum absolute atomic E-state index is 12.8. The number of nitrogens with zero attached hydrogens (tertiary/aromatic N) is 4. The molecule has 0 radical (unpaired) electrons. The number of hydrogen-bond donors (Lipinski definition) is 1. The summed E-state index contributed by atoms with van der Waals surface area (Å²) in [6.07, 6.45) is 3.43. The second-order valence-electron chi connectivity index (χ2n) is 7.59. The predicted octanol–water partition coefficient (Wildman–Crippen LogP) is 0.973. The maximum atomic E-state index is 12.8. The quantitative estimate of drug-likeness (QED) is 0.888. The van der Waals surface area contributed by atoms with Crippen LogP contribution in [0.4, 0.5) is 0 Å². The van der Waals surface area contributed by atoms with Crippen LogP contribution in [0.1, 0.15) is 43.9 Å². The minimum atomic E-state index is 0.111. The number of nitrogens with one attached hydrogen (secondary N) is 1. The van der Waals surface area contributed by atoms with Crippen LogP contribution in [0.5, 0.6) is 0 Å². The van der Waals surface area contributed by atoms with Gasteiger partial charge in [-0.3, -0.25) is 9.69 Å². The largest absolute Gasteiger partial charge is 0.340 e. The summed E-state index contributed by atoms with van der Waals surface area (Å²) in [5, 5.41) is 7.28. The van der Waals surface area contributed by atoms with Crippen molar-refractivity contribution in [3.05, 3.63) is 11.7 Å². The standard InChI is InChI=1S/C17H27N5O2/c1-12(15-19-13(2)20-24-15)21-7-9-22(10-8-21)16(23)14-11-17(14)3-5-18-6-4-17/h12,14,18H,3-11H2,1-2H3. The van der Waals surface area contributed by atoms with E-state index < -0.39 is 0 Å². The number of aromatic nitrogens is 2. The molecule has 0 bridgehead atoms. The Morgan fingerprint density at radius 2 is 2.00 bits per heavy atom. The fourth-order valence-corrected chi connectivity index (χ4v) is 4.36. The number of rotatable bonds is 3. The van der Waals surface area contributed by atoms with E-state index in [0.717, 1.165) is 58.5 Å². The van der Waals surface area contributed by atoms with Crippen LogP contribution in [0, 0.1) is 18.3 Å². The molecule has 3 heterocycles. The molecule has 3 aliphatic rings. The van der Waals surface area contributed by atoms with Crippen molar-refractivity contribution in [2.45, 2.75) is 39.2 Å². The van der Waals surface area contributed by atoms with Gasteiger partial charge in [-0.05, 0) is 51.6 Å². The van der Waals surface area contributed by atoms with Gasteiger partial charge in [0, 0.05) is 32.1 Å². The molecule has 1 aliphatic carbocycles. The summed E-state index contributed by atoms with van der Waals surface area (Å²) in [6, 6.07) is 0.111. The molecular formula is C17H27N5O2. The third-order valence-corrected chi connectivity index (χ3v) is 6.16. The highest BCUT2D eigenvalue weighted by Crippen LogP contribution is 2.59. The van der Waals surface area contributed by atoms with E-state index in [4.69, 9.17) is 4.52 Å². The van der Waals surface area contributed by atoms with E-state index in [9.17, 15) is 4.79 Å². The second kappa shape index (κ2) is 6.11. The van der Waals surface area contributed by atoms with E-state index >= 15 is 0 Å². The van der Waals surface area contributed by atoms with Gasteiger partial charge in [0.2, 0.25) is 11.8 Å². The number of carbonyl (C=O) groups excluding carboxylic acids is 1. The van der Waals surface area contributed by atoms with Gasteiger partial charge in [-0.15, -0.1) is 0 Å². The van der Waals surface area contributed by atoms with Gasteiger partial charge in [0.25, 0.3) is 0 Å². The average Bonchev–Trinajstić information content (AvgIpc) is 3.11. The molecule has 1 aromatic heterocycles. The van der Waals surface area contributed by atoms with Gasteiger partial charge in [0.1, 0.15) is 0 Å². The smallest absolute Gasteiger partial charge is 0.243 e. The monoisotopic (exact) mass is 333 g/mol. The number of piperazine rings is 1. The van der Waals surface area contributed by atoms with Gasteiger partial charge < -0.3 is 14.7 Å². The van der Waals surface area contributed by atoms with Gasteiger partial charge in [-0.25, -0.2) is 0 Å². The summed E-state index contributed by atoms with van der Waals surface area (Å²) in [5.41, 5.74) is 0.327. The highest BCUT2D eigenvalue weighted by molar-refractivity contribution is 5.83. The predicted molar refractivity (Wildman–Crippen MR) is 88.2 cm³/mol. The van der Waals surface area contributed by atoms with Gasteiger partial charge >= 0.3 is 0 Å². The van der Waals surface area contributed by atoms with Crippen LogP contribution in [0.2, 0.25) is 0 Å². The summed E-state index contributed by atoms with van der Waals surface area (Å²) in [6.45, 7) is 9.42. The highest BCUT2D eigenvalue weighted by Gasteiger charge is 2.58. The van der Waals surface area contributed by atoms with Crippen molar-refractivity contribution in [2.75, 3.05) is 39.3 Å². The van der Waals surface area contributed by atoms with Crippen LogP contribution in [0.15, 0.2) is 4.52 Å². The summed E-state index contributed by atoms with van der Waals surface area (Å²) < 4.78 is 5.29. The Labute approximate surface area is 142 Å². The van der Waals surface area contributed by atoms with Crippen molar-refractivity contribution < 1.29 is 9.32 Å².